The molecule has 0 radical (unpaired) electrons. The summed E-state index contributed by atoms with van der Waals surface area (Å²) in [5, 5.41) is 2.72. The first kappa shape index (κ1) is 15.7. The largest absolute Gasteiger partial charge is 0.443 e. The first-order valence-corrected chi connectivity index (χ1v) is 5.66. The van der Waals surface area contributed by atoms with E-state index in [1.54, 1.807) is 27.7 Å². The van der Waals surface area contributed by atoms with Gasteiger partial charge in [-0.1, -0.05) is 0 Å². The van der Waals surface area contributed by atoms with Crippen LogP contribution in [0, 0.1) is 0 Å². The van der Waals surface area contributed by atoms with Crippen LogP contribution in [0.4, 0.5) is 4.79 Å². The van der Waals surface area contributed by atoms with Gasteiger partial charge in [0, 0.05) is 6.04 Å². The van der Waals surface area contributed by atoms with Gasteiger partial charge in [-0.25, -0.2) is 10.2 Å². The number of carbonyl (C=O) groups is 2. The van der Waals surface area contributed by atoms with E-state index in [1.165, 1.54) is 0 Å². The highest BCUT2D eigenvalue weighted by molar-refractivity contribution is 5.81. The van der Waals surface area contributed by atoms with Gasteiger partial charge in [-0.15, -0.1) is 0 Å². The molecule has 0 aromatic carbocycles. The van der Waals surface area contributed by atoms with Gasteiger partial charge in [-0.05, 0) is 41.5 Å². The number of carbonyl (C=O) groups excluding carboxylic acids is 2. The van der Waals surface area contributed by atoms with Crippen LogP contribution in [-0.2, 0) is 9.53 Å². The SMILES string of the molecule is CC(C)NC(=O)[C@H](C)NNC(=O)OC(C)(C)C. The Labute approximate surface area is 102 Å². The molecule has 17 heavy (non-hydrogen) atoms. The molecule has 2 amide bonds. The van der Waals surface area contributed by atoms with E-state index in [2.05, 4.69) is 16.2 Å². The van der Waals surface area contributed by atoms with Crippen LogP contribution in [0.1, 0.15) is 41.5 Å². The maximum absolute atomic E-state index is 11.5. The minimum absolute atomic E-state index is 0.0632. The van der Waals surface area contributed by atoms with Crippen LogP contribution in [0.25, 0.3) is 0 Å². The summed E-state index contributed by atoms with van der Waals surface area (Å²) in [7, 11) is 0. The lowest BCUT2D eigenvalue weighted by molar-refractivity contribution is -0.123. The molecule has 0 aliphatic rings. The Kier molecular flexibility index (Phi) is 5.95. The summed E-state index contributed by atoms with van der Waals surface area (Å²) >= 11 is 0. The lowest BCUT2D eigenvalue weighted by atomic mass is 10.2. The van der Waals surface area contributed by atoms with Crippen LogP contribution in [-0.4, -0.2) is 29.7 Å². The summed E-state index contributed by atoms with van der Waals surface area (Å²) in [5.41, 5.74) is 4.33. The van der Waals surface area contributed by atoms with Gasteiger partial charge in [0.1, 0.15) is 11.6 Å². The number of hydrazine groups is 1. The summed E-state index contributed by atoms with van der Waals surface area (Å²) < 4.78 is 5.00. The highest BCUT2D eigenvalue weighted by Crippen LogP contribution is 2.05. The number of hydrogen-bond acceptors (Lipinski definition) is 4. The van der Waals surface area contributed by atoms with Gasteiger partial charge in [0.05, 0.1) is 0 Å². The highest BCUT2D eigenvalue weighted by Gasteiger charge is 2.18. The lowest BCUT2D eigenvalue weighted by Crippen LogP contribution is -2.52. The molecule has 6 nitrogen and oxygen atoms in total. The van der Waals surface area contributed by atoms with Crippen molar-refractivity contribution in [2.24, 2.45) is 0 Å². The molecule has 0 spiro atoms. The molecule has 0 saturated heterocycles. The minimum Gasteiger partial charge on any atom is -0.443 e. The van der Waals surface area contributed by atoms with Crippen LogP contribution < -0.4 is 16.2 Å². The molecule has 100 valence electrons. The van der Waals surface area contributed by atoms with E-state index in [9.17, 15) is 9.59 Å². The van der Waals surface area contributed by atoms with Crippen molar-refractivity contribution in [3.05, 3.63) is 0 Å². The molecule has 0 aliphatic heterocycles. The third-order valence-electron chi connectivity index (χ3n) is 1.61. The molecule has 0 aliphatic carbocycles. The first-order valence-electron chi connectivity index (χ1n) is 5.66. The topological polar surface area (TPSA) is 79.5 Å². The first-order chi connectivity index (χ1) is 7.61. The van der Waals surface area contributed by atoms with Crippen molar-refractivity contribution in [3.63, 3.8) is 0 Å². The number of nitrogens with one attached hydrogen (secondary N) is 3. The Balaban J connectivity index is 3.95. The number of amides is 2. The van der Waals surface area contributed by atoms with Gasteiger partial charge < -0.3 is 10.1 Å². The van der Waals surface area contributed by atoms with Crippen molar-refractivity contribution in [3.8, 4) is 0 Å². The van der Waals surface area contributed by atoms with Crippen molar-refractivity contribution >= 4 is 12.0 Å². The predicted octanol–water partition coefficient (Wildman–Crippen LogP) is 0.929. The molecular formula is C11H23N3O3. The Morgan fingerprint density at radius 3 is 2.06 bits per heavy atom. The van der Waals surface area contributed by atoms with Crippen molar-refractivity contribution < 1.29 is 14.3 Å². The molecule has 0 heterocycles. The molecule has 3 N–H and O–H groups in total. The zero-order valence-corrected chi connectivity index (χ0v) is 11.4. The zero-order chi connectivity index (χ0) is 13.6. The van der Waals surface area contributed by atoms with Gasteiger partial charge in [0.15, 0.2) is 0 Å². The molecule has 0 aromatic rings. The van der Waals surface area contributed by atoms with Crippen LogP contribution in [0.2, 0.25) is 0 Å². The smallest absolute Gasteiger partial charge is 0.422 e. The quantitative estimate of drug-likeness (QED) is 0.644. The molecule has 0 unspecified atom stereocenters. The molecule has 0 saturated carbocycles. The average Bonchev–Trinajstić information content (AvgIpc) is 2.10. The molecular weight excluding hydrogens is 222 g/mol. The van der Waals surface area contributed by atoms with Crippen LogP contribution in [0.3, 0.4) is 0 Å². The van der Waals surface area contributed by atoms with E-state index in [-0.39, 0.29) is 11.9 Å². The Morgan fingerprint density at radius 1 is 1.12 bits per heavy atom. The summed E-state index contributed by atoms with van der Waals surface area (Å²) in [5.74, 6) is -0.184. The normalized spacial score (nSPS) is 13.1. The fourth-order valence-electron chi connectivity index (χ4n) is 0.946. The van der Waals surface area contributed by atoms with Crippen molar-refractivity contribution in [2.75, 3.05) is 0 Å². The van der Waals surface area contributed by atoms with E-state index < -0.39 is 17.7 Å². The van der Waals surface area contributed by atoms with Gasteiger partial charge in [-0.2, -0.15) is 0 Å². The summed E-state index contributed by atoms with van der Waals surface area (Å²) in [6, 6.07) is -0.460. The second kappa shape index (κ2) is 6.44. The van der Waals surface area contributed by atoms with Crippen molar-refractivity contribution in [1.82, 2.24) is 16.2 Å². The summed E-state index contributed by atoms with van der Waals surface area (Å²) in [6.45, 7) is 10.7. The van der Waals surface area contributed by atoms with Gasteiger partial charge >= 0.3 is 6.09 Å². The van der Waals surface area contributed by atoms with E-state index >= 15 is 0 Å². The maximum Gasteiger partial charge on any atom is 0.422 e. The average molecular weight is 245 g/mol. The van der Waals surface area contributed by atoms with E-state index in [1.807, 2.05) is 13.8 Å². The fraction of sp³-hybridized carbons (Fsp3) is 0.818. The summed E-state index contributed by atoms with van der Waals surface area (Å²) in [4.78, 5) is 22.8. The number of ether oxygens (including phenoxy) is 1. The third kappa shape index (κ3) is 8.50. The monoisotopic (exact) mass is 245 g/mol. The van der Waals surface area contributed by atoms with Crippen molar-refractivity contribution in [1.29, 1.82) is 0 Å². The summed E-state index contributed by atoms with van der Waals surface area (Å²) in [6.07, 6.45) is -0.610. The van der Waals surface area contributed by atoms with Crippen LogP contribution in [0.15, 0.2) is 0 Å². The van der Waals surface area contributed by atoms with Crippen LogP contribution in [0.5, 0.6) is 0 Å². The molecule has 0 bridgehead atoms. The Morgan fingerprint density at radius 2 is 1.65 bits per heavy atom. The standard InChI is InChI=1S/C11H23N3O3/c1-7(2)12-9(15)8(3)13-14-10(16)17-11(4,5)6/h7-8,13H,1-6H3,(H,12,15)(H,14,16)/t8-/m0/s1. The molecule has 6 heteroatoms. The lowest BCUT2D eigenvalue weighted by Gasteiger charge is -2.21. The van der Waals surface area contributed by atoms with Gasteiger partial charge in [0.2, 0.25) is 5.91 Å². The Hall–Kier alpha value is -1.30. The van der Waals surface area contributed by atoms with Gasteiger partial charge in [0.25, 0.3) is 0 Å². The second-order valence-corrected chi connectivity index (χ2v) is 5.16. The zero-order valence-electron chi connectivity index (χ0n) is 11.4. The molecule has 0 rings (SSSR count). The van der Waals surface area contributed by atoms with E-state index in [4.69, 9.17) is 4.74 Å². The highest BCUT2D eigenvalue weighted by atomic mass is 16.6. The maximum atomic E-state index is 11.5. The second-order valence-electron chi connectivity index (χ2n) is 5.16. The number of rotatable bonds is 4. The molecule has 1 atom stereocenters. The van der Waals surface area contributed by atoms with Crippen LogP contribution >= 0.6 is 0 Å². The number of hydrogen-bond donors (Lipinski definition) is 3. The van der Waals surface area contributed by atoms with Gasteiger partial charge in [-0.3, -0.25) is 10.2 Å². The fourth-order valence-corrected chi connectivity index (χ4v) is 0.946. The Bertz CT molecular complexity index is 272. The van der Waals surface area contributed by atoms with E-state index in [0.717, 1.165) is 0 Å². The predicted molar refractivity (Wildman–Crippen MR) is 65.2 cm³/mol. The third-order valence-corrected chi connectivity index (χ3v) is 1.61. The van der Waals surface area contributed by atoms with Crippen molar-refractivity contribution in [2.45, 2.75) is 59.2 Å². The molecule has 0 aromatic heterocycles. The minimum atomic E-state index is -0.610. The van der Waals surface area contributed by atoms with E-state index in [0.29, 0.717) is 0 Å². The molecule has 0 fully saturated rings.